The number of ether oxygens (including phenoxy) is 2. The lowest BCUT2D eigenvalue weighted by Gasteiger charge is -2.35. The van der Waals surface area contributed by atoms with Gasteiger partial charge in [0.1, 0.15) is 0 Å². The third-order valence-corrected chi connectivity index (χ3v) is 3.23. The first kappa shape index (κ1) is 13.9. The van der Waals surface area contributed by atoms with Gasteiger partial charge in [-0.3, -0.25) is 0 Å². The van der Waals surface area contributed by atoms with Gasteiger partial charge in [0.2, 0.25) is 0 Å². The molecule has 3 heteroatoms. The summed E-state index contributed by atoms with van der Waals surface area (Å²) < 4.78 is 11.3. The van der Waals surface area contributed by atoms with E-state index in [0.717, 1.165) is 26.4 Å². The Morgan fingerprint density at radius 2 is 2.06 bits per heavy atom. The second kappa shape index (κ2) is 8.04. The van der Waals surface area contributed by atoms with E-state index in [1.165, 1.54) is 19.3 Å². The molecule has 0 saturated carbocycles. The van der Waals surface area contributed by atoms with Crippen molar-refractivity contribution in [3.05, 3.63) is 0 Å². The van der Waals surface area contributed by atoms with Gasteiger partial charge in [-0.25, -0.2) is 0 Å². The summed E-state index contributed by atoms with van der Waals surface area (Å²) in [6.07, 6.45) is 3.89. The predicted octanol–water partition coefficient (Wildman–Crippen LogP) is 2.21. The number of nitrogens with one attached hydrogen (secondary N) is 1. The zero-order valence-electron chi connectivity index (χ0n) is 11.0. The van der Waals surface area contributed by atoms with Crippen molar-refractivity contribution in [2.75, 3.05) is 26.4 Å². The van der Waals surface area contributed by atoms with Gasteiger partial charge < -0.3 is 14.8 Å². The lowest BCUT2D eigenvalue weighted by molar-refractivity contribution is -0.108. The minimum absolute atomic E-state index is 0.238. The summed E-state index contributed by atoms with van der Waals surface area (Å²) in [5, 5.41) is 3.62. The molecule has 0 aromatic heterocycles. The fourth-order valence-corrected chi connectivity index (χ4v) is 2.36. The summed E-state index contributed by atoms with van der Waals surface area (Å²) in [5.74, 6) is 0.656. The highest BCUT2D eigenvalue weighted by Crippen LogP contribution is 2.18. The molecule has 0 spiro atoms. The molecule has 16 heavy (non-hydrogen) atoms. The molecular formula is C13H27NO2. The average Bonchev–Trinajstić information content (AvgIpc) is 2.31. The maximum atomic E-state index is 5.82. The van der Waals surface area contributed by atoms with Crippen molar-refractivity contribution < 1.29 is 9.47 Å². The molecule has 1 rings (SSSR count). The van der Waals surface area contributed by atoms with Gasteiger partial charge >= 0.3 is 0 Å². The molecule has 1 aliphatic rings. The quantitative estimate of drug-likeness (QED) is 0.726. The molecule has 0 aromatic carbocycles. The van der Waals surface area contributed by atoms with Crippen LogP contribution in [-0.2, 0) is 9.47 Å². The molecule has 0 aromatic rings. The van der Waals surface area contributed by atoms with Crippen LogP contribution in [0.1, 0.15) is 40.0 Å². The molecule has 3 atom stereocenters. The number of hydrogen-bond acceptors (Lipinski definition) is 3. The SMILES string of the molecule is CCCNC(C(C)CCC)C1COCCO1. The number of rotatable bonds is 7. The Labute approximate surface area is 99.9 Å². The summed E-state index contributed by atoms with van der Waals surface area (Å²) in [6, 6.07) is 0.445. The fraction of sp³-hybridized carbons (Fsp3) is 1.00. The van der Waals surface area contributed by atoms with E-state index in [-0.39, 0.29) is 6.10 Å². The Balaban J connectivity index is 2.46. The smallest absolute Gasteiger partial charge is 0.0964 e. The van der Waals surface area contributed by atoms with Crippen LogP contribution in [0.4, 0.5) is 0 Å². The van der Waals surface area contributed by atoms with Gasteiger partial charge in [-0.05, 0) is 25.3 Å². The van der Waals surface area contributed by atoms with Gasteiger partial charge in [0.05, 0.1) is 25.9 Å². The van der Waals surface area contributed by atoms with Crippen molar-refractivity contribution in [2.45, 2.75) is 52.2 Å². The fourth-order valence-electron chi connectivity index (χ4n) is 2.36. The summed E-state index contributed by atoms with van der Waals surface area (Å²) in [5.41, 5.74) is 0. The van der Waals surface area contributed by atoms with Crippen molar-refractivity contribution in [1.82, 2.24) is 5.32 Å². The summed E-state index contributed by atoms with van der Waals surface area (Å²) in [6.45, 7) is 10.1. The van der Waals surface area contributed by atoms with Crippen LogP contribution in [-0.4, -0.2) is 38.5 Å². The molecule has 0 amide bonds. The predicted molar refractivity (Wildman–Crippen MR) is 66.7 cm³/mol. The first-order valence-electron chi connectivity index (χ1n) is 6.72. The Bertz CT molecular complexity index is 169. The van der Waals surface area contributed by atoms with Gasteiger partial charge in [-0.2, -0.15) is 0 Å². The van der Waals surface area contributed by atoms with Crippen LogP contribution in [0.5, 0.6) is 0 Å². The number of hydrogen-bond donors (Lipinski definition) is 1. The minimum Gasteiger partial charge on any atom is -0.376 e. The normalized spacial score (nSPS) is 25.3. The summed E-state index contributed by atoms with van der Waals surface area (Å²) in [7, 11) is 0. The second-order valence-electron chi connectivity index (χ2n) is 4.73. The van der Waals surface area contributed by atoms with Gasteiger partial charge in [0.25, 0.3) is 0 Å². The van der Waals surface area contributed by atoms with Crippen LogP contribution >= 0.6 is 0 Å². The summed E-state index contributed by atoms with van der Waals surface area (Å²) >= 11 is 0. The van der Waals surface area contributed by atoms with Crippen molar-refractivity contribution >= 4 is 0 Å². The lowest BCUT2D eigenvalue weighted by Crippen LogP contribution is -2.50. The zero-order valence-corrected chi connectivity index (χ0v) is 11.0. The molecule has 0 aliphatic carbocycles. The first-order valence-corrected chi connectivity index (χ1v) is 6.72. The van der Waals surface area contributed by atoms with E-state index < -0.39 is 0 Å². The molecule has 3 nitrogen and oxygen atoms in total. The molecule has 0 radical (unpaired) electrons. The Kier molecular flexibility index (Phi) is 7.01. The van der Waals surface area contributed by atoms with Crippen LogP contribution in [0.15, 0.2) is 0 Å². The van der Waals surface area contributed by atoms with Crippen LogP contribution in [0.3, 0.4) is 0 Å². The van der Waals surface area contributed by atoms with Gasteiger partial charge in [-0.15, -0.1) is 0 Å². The molecule has 0 bridgehead atoms. The van der Waals surface area contributed by atoms with Gasteiger partial charge in [-0.1, -0.05) is 27.2 Å². The van der Waals surface area contributed by atoms with Gasteiger partial charge in [0, 0.05) is 6.04 Å². The van der Waals surface area contributed by atoms with Gasteiger partial charge in [0.15, 0.2) is 0 Å². The molecule has 1 heterocycles. The maximum Gasteiger partial charge on any atom is 0.0964 e. The van der Waals surface area contributed by atoms with Crippen molar-refractivity contribution in [3.8, 4) is 0 Å². The molecule has 1 saturated heterocycles. The van der Waals surface area contributed by atoms with Crippen molar-refractivity contribution in [1.29, 1.82) is 0 Å². The molecule has 1 aliphatic heterocycles. The molecule has 3 unspecified atom stereocenters. The van der Waals surface area contributed by atoms with E-state index >= 15 is 0 Å². The third kappa shape index (κ3) is 4.40. The van der Waals surface area contributed by atoms with E-state index in [1.807, 2.05) is 0 Å². The van der Waals surface area contributed by atoms with E-state index in [9.17, 15) is 0 Å². The monoisotopic (exact) mass is 229 g/mol. The van der Waals surface area contributed by atoms with E-state index in [4.69, 9.17) is 9.47 Å². The topological polar surface area (TPSA) is 30.5 Å². The van der Waals surface area contributed by atoms with Crippen molar-refractivity contribution in [2.24, 2.45) is 5.92 Å². The Morgan fingerprint density at radius 1 is 1.25 bits per heavy atom. The Morgan fingerprint density at radius 3 is 2.62 bits per heavy atom. The highest BCUT2D eigenvalue weighted by atomic mass is 16.6. The van der Waals surface area contributed by atoms with Crippen LogP contribution in [0.2, 0.25) is 0 Å². The van der Waals surface area contributed by atoms with E-state index in [0.29, 0.717) is 12.0 Å². The van der Waals surface area contributed by atoms with Crippen LogP contribution < -0.4 is 5.32 Å². The highest BCUT2D eigenvalue weighted by molar-refractivity contribution is 4.83. The Hall–Kier alpha value is -0.120. The second-order valence-corrected chi connectivity index (χ2v) is 4.73. The zero-order chi connectivity index (χ0) is 11.8. The van der Waals surface area contributed by atoms with Crippen LogP contribution in [0.25, 0.3) is 0 Å². The molecular weight excluding hydrogens is 202 g/mol. The van der Waals surface area contributed by atoms with Crippen molar-refractivity contribution in [3.63, 3.8) is 0 Å². The average molecular weight is 229 g/mol. The van der Waals surface area contributed by atoms with Crippen LogP contribution in [0, 0.1) is 5.92 Å². The molecule has 96 valence electrons. The largest absolute Gasteiger partial charge is 0.376 e. The lowest BCUT2D eigenvalue weighted by atomic mass is 9.92. The summed E-state index contributed by atoms with van der Waals surface area (Å²) in [4.78, 5) is 0. The first-order chi connectivity index (χ1) is 7.79. The third-order valence-electron chi connectivity index (χ3n) is 3.23. The minimum atomic E-state index is 0.238. The standard InChI is InChI=1S/C13H27NO2/c1-4-6-11(3)13(14-7-5-2)12-10-15-8-9-16-12/h11-14H,4-10H2,1-3H3. The maximum absolute atomic E-state index is 5.82. The highest BCUT2D eigenvalue weighted by Gasteiger charge is 2.28. The van der Waals surface area contributed by atoms with E-state index in [1.54, 1.807) is 0 Å². The molecule has 1 fully saturated rings. The molecule has 1 N–H and O–H groups in total. The van der Waals surface area contributed by atoms with E-state index in [2.05, 4.69) is 26.1 Å².